The average Bonchev–Trinajstić information content (AvgIpc) is 2.30. The van der Waals surface area contributed by atoms with Gasteiger partial charge in [-0.05, 0) is 37.7 Å². The van der Waals surface area contributed by atoms with Gasteiger partial charge in [0.2, 0.25) is 0 Å². The van der Waals surface area contributed by atoms with Gasteiger partial charge in [-0.15, -0.1) is 0 Å². The van der Waals surface area contributed by atoms with Gasteiger partial charge in [-0.25, -0.2) is 0 Å². The van der Waals surface area contributed by atoms with Gasteiger partial charge in [0.05, 0.1) is 0 Å². The largest absolute Gasteiger partial charge is 0.508 e. The molecule has 0 saturated carbocycles. The minimum absolute atomic E-state index is 0.166. The molecule has 0 amide bonds. The highest BCUT2D eigenvalue weighted by Gasteiger charge is 2.38. The predicted octanol–water partition coefficient (Wildman–Crippen LogP) is 2.12. The number of rotatable bonds is 6. The Bertz CT molecular complexity index is 415. The third kappa shape index (κ3) is 3.01. The zero-order valence-electron chi connectivity index (χ0n) is 11.2. The van der Waals surface area contributed by atoms with Gasteiger partial charge in [0, 0.05) is 6.42 Å². The van der Waals surface area contributed by atoms with Gasteiger partial charge in [0.25, 0.3) is 0 Å². The summed E-state index contributed by atoms with van der Waals surface area (Å²) in [7, 11) is 0. The molecule has 18 heavy (non-hydrogen) atoms. The van der Waals surface area contributed by atoms with Crippen molar-refractivity contribution in [2.45, 2.75) is 32.7 Å². The van der Waals surface area contributed by atoms with Crippen LogP contribution in [0.25, 0.3) is 0 Å². The molecule has 1 rings (SSSR count). The molecular formula is C14H21NO3. The number of phenolic OH excluding ortho intramolecular Hbond substituents is 1. The van der Waals surface area contributed by atoms with E-state index in [-0.39, 0.29) is 5.75 Å². The number of carboxylic acid groups (broad SMARTS) is 1. The molecule has 4 nitrogen and oxygen atoms in total. The van der Waals surface area contributed by atoms with Crippen molar-refractivity contribution >= 4 is 5.97 Å². The van der Waals surface area contributed by atoms with Crippen LogP contribution in [-0.4, -0.2) is 39.7 Å². The number of hydrogen-bond donors (Lipinski definition) is 2. The van der Waals surface area contributed by atoms with Crippen molar-refractivity contribution in [2.75, 3.05) is 13.1 Å². The summed E-state index contributed by atoms with van der Waals surface area (Å²) in [5.41, 5.74) is -0.121. The number of carboxylic acids is 1. The van der Waals surface area contributed by atoms with Crippen LogP contribution in [0, 0.1) is 0 Å². The molecule has 0 bridgehead atoms. The molecule has 1 aromatic rings. The van der Waals surface area contributed by atoms with Gasteiger partial charge in [0.15, 0.2) is 0 Å². The van der Waals surface area contributed by atoms with Crippen molar-refractivity contribution in [1.82, 2.24) is 4.90 Å². The van der Waals surface area contributed by atoms with Crippen molar-refractivity contribution in [3.63, 3.8) is 0 Å². The maximum absolute atomic E-state index is 11.6. The van der Waals surface area contributed by atoms with Crippen LogP contribution in [0.5, 0.6) is 5.75 Å². The molecule has 100 valence electrons. The standard InChI is InChI=1S/C14H21NO3/c1-4-15(5-2)14(3,13(17)18)10-11-7-6-8-12(16)9-11/h6-9,16H,4-5,10H2,1-3H3,(H,17,18). The fourth-order valence-electron chi connectivity index (χ4n) is 2.31. The van der Waals surface area contributed by atoms with Crippen LogP contribution in [0.15, 0.2) is 24.3 Å². The van der Waals surface area contributed by atoms with Crippen LogP contribution >= 0.6 is 0 Å². The Morgan fingerprint density at radius 1 is 1.33 bits per heavy atom. The van der Waals surface area contributed by atoms with Crippen molar-refractivity contribution < 1.29 is 15.0 Å². The first-order valence-corrected chi connectivity index (χ1v) is 6.20. The first-order chi connectivity index (χ1) is 8.43. The van der Waals surface area contributed by atoms with Gasteiger partial charge < -0.3 is 10.2 Å². The fourth-order valence-corrected chi connectivity index (χ4v) is 2.31. The Morgan fingerprint density at radius 2 is 1.94 bits per heavy atom. The Hall–Kier alpha value is -1.55. The summed E-state index contributed by atoms with van der Waals surface area (Å²) in [6.07, 6.45) is 0.373. The number of nitrogens with zero attached hydrogens (tertiary/aromatic N) is 1. The molecule has 1 aromatic carbocycles. The van der Waals surface area contributed by atoms with Gasteiger partial charge >= 0.3 is 5.97 Å². The molecule has 0 aromatic heterocycles. The SMILES string of the molecule is CCN(CC)C(C)(Cc1cccc(O)c1)C(=O)O. The van der Waals surface area contributed by atoms with E-state index in [4.69, 9.17) is 0 Å². The van der Waals surface area contributed by atoms with E-state index in [0.717, 1.165) is 5.56 Å². The second-order valence-corrected chi connectivity index (χ2v) is 4.60. The number of carbonyl (C=O) groups is 1. The number of hydrogen-bond acceptors (Lipinski definition) is 3. The summed E-state index contributed by atoms with van der Waals surface area (Å²) in [4.78, 5) is 13.5. The molecule has 4 heteroatoms. The Balaban J connectivity index is 3.03. The first-order valence-electron chi connectivity index (χ1n) is 6.20. The molecule has 0 saturated heterocycles. The number of benzene rings is 1. The Morgan fingerprint density at radius 3 is 2.39 bits per heavy atom. The lowest BCUT2D eigenvalue weighted by Gasteiger charge is -2.36. The summed E-state index contributed by atoms with van der Waals surface area (Å²) < 4.78 is 0. The topological polar surface area (TPSA) is 60.8 Å². The van der Waals surface area contributed by atoms with E-state index in [1.165, 1.54) is 0 Å². The molecular weight excluding hydrogens is 230 g/mol. The van der Waals surface area contributed by atoms with Crippen LogP contribution in [-0.2, 0) is 11.2 Å². The molecule has 0 radical (unpaired) electrons. The summed E-state index contributed by atoms with van der Waals surface area (Å²) in [6.45, 7) is 6.99. The zero-order chi connectivity index (χ0) is 13.8. The van der Waals surface area contributed by atoms with E-state index >= 15 is 0 Å². The molecule has 0 aliphatic carbocycles. The van der Waals surface area contributed by atoms with Crippen molar-refractivity contribution in [3.05, 3.63) is 29.8 Å². The molecule has 1 atom stereocenters. The van der Waals surface area contributed by atoms with E-state index in [1.807, 2.05) is 24.8 Å². The van der Waals surface area contributed by atoms with Crippen LogP contribution in [0.2, 0.25) is 0 Å². The average molecular weight is 251 g/mol. The molecule has 0 aliphatic heterocycles. The Kier molecular flexibility index (Phi) is 4.73. The smallest absolute Gasteiger partial charge is 0.324 e. The molecule has 0 aliphatic rings. The summed E-state index contributed by atoms with van der Waals surface area (Å²) >= 11 is 0. The van der Waals surface area contributed by atoms with E-state index in [1.54, 1.807) is 25.1 Å². The van der Waals surface area contributed by atoms with Crippen LogP contribution in [0.3, 0.4) is 0 Å². The normalized spacial score (nSPS) is 14.4. The highest BCUT2D eigenvalue weighted by Crippen LogP contribution is 2.23. The lowest BCUT2D eigenvalue weighted by atomic mass is 9.90. The van der Waals surface area contributed by atoms with Gasteiger partial charge in [-0.2, -0.15) is 0 Å². The summed E-state index contributed by atoms with van der Waals surface area (Å²) in [5.74, 6) is -0.672. The fraction of sp³-hybridized carbons (Fsp3) is 0.500. The van der Waals surface area contributed by atoms with E-state index < -0.39 is 11.5 Å². The number of likely N-dealkylation sites (N-methyl/N-ethyl adjacent to an activating group) is 1. The van der Waals surface area contributed by atoms with E-state index in [9.17, 15) is 15.0 Å². The van der Waals surface area contributed by atoms with Gasteiger partial charge in [0.1, 0.15) is 11.3 Å². The quantitative estimate of drug-likeness (QED) is 0.813. The second kappa shape index (κ2) is 5.87. The lowest BCUT2D eigenvalue weighted by molar-refractivity contribution is -0.150. The van der Waals surface area contributed by atoms with Gasteiger partial charge in [-0.1, -0.05) is 26.0 Å². The number of aromatic hydroxyl groups is 1. The van der Waals surface area contributed by atoms with Crippen molar-refractivity contribution in [3.8, 4) is 5.75 Å². The minimum atomic E-state index is -0.947. The third-order valence-electron chi connectivity index (χ3n) is 3.38. The second-order valence-electron chi connectivity index (χ2n) is 4.60. The maximum Gasteiger partial charge on any atom is 0.324 e. The Labute approximate surface area is 108 Å². The number of aliphatic carboxylic acids is 1. The van der Waals surface area contributed by atoms with Crippen molar-refractivity contribution in [1.29, 1.82) is 0 Å². The van der Waals surface area contributed by atoms with Crippen LogP contribution in [0.1, 0.15) is 26.3 Å². The summed E-state index contributed by atoms with van der Waals surface area (Å²) in [6, 6.07) is 6.77. The monoisotopic (exact) mass is 251 g/mol. The maximum atomic E-state index is 11.6. The first kappa shape index (κ1) is 14.5. The molecule has 0 spiro atoms. The molecule has 2 N–H and O–H groups in total. The van der Waals surface area contributed by atoms with Crippen molar-refractivity contribution in [2.24, 2.45) is 0 Å². The highest BCUT2D eigenvalue weighted by molar-refractivity contribution is 5.78. The van der Waals surface area contributed by atoms with E-state index in [2.05, 4.69) is 0 Å². The van der Waals surface area contributed by atoms with Gasteiger partial charge in [-0.3, -0.25) is 9.69 Å². The zero-order valence-corrected chi connectivity index (χ0v) is 11.2. The minimum Gasteiger partial charge on any atom is -0.508 e. The molecule has 0 heterocycles. The van der Waals surface area contributed by atoms with Crippen LogP contribution in [0.4, 0.5) is 0 Å². The lowest BCUT2D eigenvalue weighted by Crippen LogP contribution is -2.53. The molecule has 1 unspecified atom stereocenters. The summed E-state index contributed by atoms with van der Waals surface area (Å²) in [5, 5.41) is 18.9. The van der Waals surface area contributed by atoms with Crippen LogP contribution < -0.4 is 0 Å². The third-order valence-corrected chi connectivity index (χ3v) is 3.38. The highest BCUT2D eigenvalue weighted by atomic mass is 16.4. The van der Waals surface area contributed by atoms with E-state index in [0.29, 0.717) is 19.5 Å². The molecule has 0 fully saturated rings. The number of phenols is 1. The predicted molar refractivity (Wildman–Crippen MR) is 70.8 cm³/mol.